The molecular formula is C15H20ClN3O3. The highest BCUT2D eigenvalue weighted by Crippen LogP contribution is 2.25. The van der Waals surface area contributed by atoms with Crippen LogP contribution in [0.5, 0.6) is 0 Å². The summed E-state index contributed by atoms with van der Waals surface area (Å²) in [6.07, 6.45) is 0. The maximum absolute atomic E-state index is 12.3. The average molecular weight is 326 g/mol. The molecule has 120 valence electrons. The van der Waals surface area contributed by atoms with Crippen molar-refractivity contribution in [2.45, 2.75) is 19.9 Å². The summed E-state index contributed by atoms with van der Waals surface area (Å²) in [6.45, 7) is 4.49. The molecule has 0 spiro atoms. The lowest BCUT2D eigenvalue weighted by Crippen LogP contribution is -2.48. The van der Waals surface area contributed by atoms with Crippen LogP contribution in [0.3, 0.4) is 0 Å². The summed E-state index contributed by atoms with van der Waals surface area (Å²) in [6, 6.07) is 4.28. The summed E-state index contributed by atoms with van der Waals surface area (Å²) in [5.41, 5.74) is 1.64. The van der Waals surface area contributed by atoms with E-state index in [-0.39, 0.29) is 18.3 Å². The molecule has 0 fully saturated rings. The number of aryl methyl sites for hydroxylation is 1. The molecule has 22 heavy (non-hydrogen) atoms. The molecule has 3 amide bonds. The minimum Gasteiger partial charge on any atom is -0.353 e. The van der Waals surface area contributed by atoms with E-state index in [2.05, 4.69) is 10.6 Å². The smallest absolute Gasteiger partial charge is 0.262 e. The molecule has 1 aromatic rings. The number of halogens is 1. The Morgan fingerprint density at radius 3 is 2.45 bits per heavy atom. The molecule has 1 aliphatic rings. The van der Waals surface area contributed by atoms with E-state index < -0.39 is 17.9 Å². The summed E-state index contributed by atoms with van der Waals surface area (Å²) in [5.74, 6) is -1.15. The van der Waals surface area contributed by atoms with E-state index in [1.165, 1.54) is 0 Å². The molecule has 1 heterocycles. The van der Waals surface area contributed by atoms with Gasteiger partial charge in [-0.05, 0) is 33.0 Å². The van der Waals surface area contributed by atoms with Crippen LogP contribution in [0.1, 0.15) is 33.2 Å². The molecule has 0 saturated carbocycles. The molecule has 1 aliphatic heterocycles. The molecule has 0 radical (unpaired) electrons. The largest absolute Gasteiger partial charge is 0.353 e. The second kappa shape index (κ2) is 7.38. The number of nitrogens with zero attached hydrogens (tertiary/aromatic N) is 1. The summed E-state index contributed by atoms with van der Waals surface area (Å²) >= 11 is 0. The van der Waals surface area contributed by atoms with Gasteiger partial charge in [0.25, 0.3) is 11.8 Å². The van der Waals surface area contributed by atoms with Crippen molar-refractivity contribution in [2.24, 2.45) is 0 Å². The monoisotopic (exact) mass is 325 g/mol. The van der Waals surface area contributed by atoms with Crippen LogP contribution in [0.2, 0.25) is 0 Å². The van der Waals surface area contributed by atoms with Crippen LogP contribution in [-0.2, 0) is 4.79 Å². The Morgan fingerprint density at radius 2 is 1.82 bits per heavy atom. The maximum atomic E-state index is 12.3. The zero-order valence-electron chi connectivity index (χ0n) is 12.8. The number of amides is 3. The van der Waals surface area contributed by atoms with Crippen LogP contribution in [0, 0.1) is 6.92 Å². The molecule has 1 unspecified atom stereocenters. The second-order valence-corrected chi connectivity index (χ2v) is 5.10. The first kappa shape index (κ1) is 18.1. The lowest BCUT2D eigenvalue weighted by Gasteiger charge is -2.21. The van der Waals surface area contributed by atoms with Gasteiger partial charge in [0.2, 0.25) is 5.91 Å². The fourth-order valence-electron chi connectivity index (χ4n) is 2.30. The van der Waals surface area contributed by atoms with Crippen molar-refractivity contribution in [2.75, 3.05) is 20.1 Å². The molecule has 6 nitrogen and oxygen atoms in total. The van der Waals surface area contributed by atoms with Gasteiger partial charge in [-0.1, -0.05) is 11.6 Å². The van der Waals surface area contributed by atoms with Gasteiger partial charge in [-0.2, -0.15) is 0 Å². The van der Waals surface area contributed by atoms with Crippen LogP contribution in [-0.4, -0.2) is 48.8 Å². The summed E-state index contributed by atoms with van der Waals surface area (Å²) in [4.78, 5) is 37.7. The van der Waals surface area contributed by atoms with Gasteiger partial charge >= 0.3 is 0 Å². The SMILES string of the molecule is CNCCNC(=O)C(C)N1C(=O)c2ccc(C)cc2C1=O.Cl. The number of carbonyl (C=O) groups excluding carboxylic acids is 3. The molecule has 0 aromatic heterocycles. The predicted molar refractivity (Wildman–Crippen MR) is 85.3 cm³/mol. The number of carbonyl (C=O) groups is 3. The van der Waals surface area contributed by atoms with E-state index >= 15 is 0 Å². The molecule has 1 atom stereocenters. The maximum Gasteiger partial charge on any atom is 0.262 e. The molecule has 2 rings (SSSR count). The van der Waals surface area contributed by atoms with Crippen LogP contribution in [0.4, 0.5) is 0 Å². The first-order chi connectivity index (χ1) is 9.97. The third-order valence-electron chi connectivity index (χ3n) is 3.51. The Kier molecular flexibility index (Phi) is 6.08. The number of imide groups is 1. The van der Waals surface area contributed by atoms with Crippen molar-refractivity contribution < 1.29 is 14.4 Å². The highest BCUT2D eigenvalue weighted by molar-refractivity contribution is 6.22. The topological polar surface area (TPSA) is 78.5 Å². The van der Waals surface area contributed by atoms with Crippen molar-refractivity contribution in [3.05, 3.63) is 34.9 Å². The normalized spacial score (nSPS) is 14.4. The third kappa shape index (κ3) is 3.28. The van der Waals surface area contributed by atoms with Gasteiger partial charge in [0.05, 0.1) is 11.1 Å². The summed E-state index contributed by atoms with van der Waals surface area (Å²) < 4.78 is 0. The van der Waals surface area contributed by atoms with Gasteiger partial charge in [0.1, 0.15) is 6.04 Å². The lowest BCUT2D eigenvalue weighted by atomic mass is 10.1. The fraction of sp³-hybridized carbons (Fsp3) is 0.400. The van der Waals surface area contributed by atoms with Crippen LogP contribution >= 0.6 is 12.4 Å². The van der Waals surface area contributed by atoms with Crippen molar-refractivity contribution in [3.8, 4) is 0 Å². The van der Waals surface area contributed by atoms with E-state index in [0.717, 1.165) is 10.5 Å². The molecular weight excluding hydrogens is 306 g/mol. The molecule has 0 aliphatic carbocycles. The number of rotatable bonds is 5. The second-order valence-electron chi connectivity index (χ2n) is 5.10. The van der Waals surface area contributed by atoms with E-state index in [1.807, 2.05) is 6.92 Å². The Morgan fingerprint density at radius 1 is 1.18 bits per heavy atom. The van der Waals surface area contributed by atoms with Gasteiger partial charge in [-0.25, -0.2) is 0 Å². The lowest BCUT2D eigenvalue weighted by molar-refractivity contribution is -0.124. The van der Waals surface area contributed by atoms with Gasteiger partial charge in [0, 0.05) is 13.1 Å². The van der Waals surface area contributed by atoms with E-state index in [4.69, 9.17) is 0 Å². The van der Waals surface area contributed by atoms with E-state index in [9.17, 15) is 14.4 Å². The minimum absolute atomic E-state index is 0. The number of hydrogen-bond acceptors (Lipinski definition) is 4. The summed E-state index contributed by atoms with van der Waals surface area (Å²) in [5, 5.41) is 5.60. The van der Waals surface area contributed by atoms with Gasteiger partial charge in [-0.3, -0.25) is 19.3 Å². The molecule has 2 N–H and O–H groups in total. The average Bonchev–Trinajstić information content (AvgIpc) is 2.70. The number of likely N-dealkylation sites (N-methyl/N-ethyl adjacent to an activating group) is 1. The molecule has 7 heteroatoms. The minimum atomic E-state index is -0.824. The zero-order valence-corrected chi connectivity index (χ0v) is 13.6. The molecule has 0 saturated heterocycles. The number of nitrogens with one attached hydrogen (secondary N) is 2. The van der Waals surface area contributed by atoms with Crippen molar-refractivity contribution in [1.29, 1.82) is 0 Å². The first-order valence-electron chi connectivity index (χ1n) is 6.88. The zero-order chi connectivity index (χ0) is 15.6. The van der Waals surface area contributed by atoms with Gasteiger partial charge in [-0.15, -0.1) is 12.4 Å². The van der Waals surface area contributed by atoms with E-state index in [1.54, 1.807) is 32.2 Å². The molecule has 0 bridgehead atoms. The Hall–Kier alpha value is -1.92. The van der Waals surface area contributed by atoms with Gasteiger partial charge in [0.15, 0.2) is 0 Å². The quantitative estimate of drug-likeness (QED) is 0.618. The Labute approximate surface area is 135 Å². The number of fused-ring (bicyclic) bond motifs is 1. The molecule has 1 aromatic carbocycles. The number of hydrogen-bond donors (Lipinski definition) is 2. The fourth-order valence-corrected chi connectivity index (χ4v) is 2.30. The highest BCUT2D eigenvalue weighted by Gasteiger charge is 2.40. The summed E-state index contributed by atoms with van der Waals surface area (Å²) in [7, 11) is 1.78. The van der Waals surface area contributed by atoms with Crippen molar-refractivity contribution in [3.63, 3.8) is 0 Å². The van der Waals surface area contributed by atoms with Crippen LogP contribution in [0.15, 0.2) is 18.2 Å². The standard InChI is InChI=1S/C15H19N3O3.ClH/c1-9-4-5-11-12(8-9)15(21)18(14(11)20)10(2)13(19)17-7-6-16-3;/h4-5,8,10,16H,6-7H2,1-3H3,(H,17,19);1H. The van der Waals surface area contributed by atoms with E-state index in [0.29, 0.717) is 24.2 Å². The van der Waals surface area contributed by atoms with Crippen molar-refractivity contribution in [1.82, 2.24) is 15.5 Å². The van der Waals surface area contributed by atoms with Gasteiger partial charge < -0.3 is 10.6 Å². The number of benzene rings is 1. The Bertz CT molecular complexity index is 604. The highest BCUT2D eigenvalue weighted by atomic mass is 35.5. The van der Waals surface area contributed by atoms with Crippen molar-refractivity contribution >= 4 is 30.1 Å². The van der Waals surface area contributed by atoms with Crippen LogP contribution < -0.4 is 10.6 Å². The predicted octanol–water partition coefficient (Wildman–Crippen LogP) is 0.737. The van der Waals surface area contributed by atoms with Crippen LogP contribution in [0.25, 0.3) is 0 Å². The third-order valence-corrected chi connectivity index (χ3v) is 3.51. The Balaban J connectivity index is 0.00000242. The first-order valence-corrected chi connectivity index (χ1v) is 6.88.